The summed E-state index contributed by atoms with van der Waals surface area (Å²) in [5.41, 5.74) is 2.38. The first-order chi connectivity index (χ1) is 12.6. The number of carbonyl (C=O) groups is 1. The molecule has 0 aliphatic heterocycles. The number of methoxy groups -OCH3 is 2. The molecule has 0 aliphatic carbocycles. The van der Waals surface area contributed by atoms with Gasteiger partial charge in [0.15, 0.2) is 17.7 Å². The van der Waals surface area contributed by atoms with E-state index in [1.165, 1.54) is 26.5 Å². The van der Waals surface area contributed by atoms with Gasteiger partial charge in [0.05, 0.1) is 0 Å². The molecule has 9 heteroatoms. The third kappa shape index (κ3) is 5.06. The Morgan fingerprint density at radius 2 is 1.88 bits per heavy atom. The number of carbonyl (C=O) groups excluding carboxylic acids is 1. The fourth-order valence-corrected chi connectivity index (χ4v) is 2.08. The molecule has 3 N–H and O–H groups in total. The molecule has 0 spiro atoms. The van der Waals surface area contributed by atoms with E-state index in [1.807, 2.05) is 30.3 Å². The SMILES string of the molecule is COC(CONC(=O)c1c(OCc2ccccc2)c(=O)ccn1N)OC. The Kier molecular flexibility index (Phi) is 7.15. The number of pyridine rings is 1. The third-order valence-electron chi connectivity index (χ3n) is 3.43. The van der Waals surface area contributed by atoms with Gasteiger partial charge in [-0.3, -0.25) is 19.1 Å². The summed E-state index contributed by atoms with van der Waals surface area (Å²) >= 11 is 0. The summed E-state index contributed by atoms with van der Waals surface area (Å²) in [6.07, 6.45) is 0.611. The van der Waals surface area contributed by atoms with Gasteiger partial charge >= 0.3 is 0 Å². The largest absolute Gasteiger partial charge is 0.482 e. The van der Waals surface area contributed by atoms with Gasteiger partial charge in [-0.05, 0) is 5.56 Å². The lowest BCUT2D eigenvalue weighted by molar-refractivity contribution is -0.150. The molecule has 0 saturated heterocycles. The number of nitrogens with one attached hydrogen (secondary N) is 1. The first-order valence-electron chi connectivity index (χ1n) is 7.72. The highest BCUT2D eigenvalue weighted by molar-refractivity contribution is 5.94. The van der Waals surface area contributed by atoms with Crippen LogP contribution in [0, 0.1) is 0 Å². The molecule has 1 heterocycles. The smallest absolute Gasteiger partial charge is 0.297 e. The van der Waals surface area contributed by atoms with Crippen molar-refractivity contribution >= 4 is 5.91 Å². The minimum atomic E-state index is -0.737. The number of ether oxygens (including phenoxy) is 3. The van der Waals surface area contributed by atoms with E-state index >= 15 is 0 Å². The number of hydroxylamine groups is 1. The predicted molar refractivity (Wildman–Crippen MR) is 92.9 cm³/mol. The molecule has 2 aromatic rings. The number of nitrogens with two attached hydrogens (primary N) is 1. The Balaban J connectivity index is 2.12. The zero-order valence-electron chi connectivity index (χ0n) is 14.5. The lowest BCUT2D eigenvalue weighted by Gasteiger charge is -2.16. The molecule has 0 bridgehead atoms. The summed E-state index contributed by atoms with van der Waals surface area (Å²) in [5, 5.41) is 0. The van der Waals surface area contributed by atoms with Crippen LogP contribution in [0.3, 0.4) is 0 Å². The van der Waals surface area contributed by atoms with Gasteiger partial charge in [0, 0.05) is 26.5 Å². The van der Waals surface area contributed by atoms with E-state index < -0.39 is 17.6 Å². The molecule has 0 saturated carbocycles. The summed E-state index contributed by atoms with van der Waals surface area (Å²) < 4.78 is 16.4. The van der Waals surface area contributed by atoms with E-state index in [-0.39, 0.29) is 24.7 Å². The van der Waals surface area contributed by atoms with Crippen LogP contribution in [0.2, 0.25) is 0 Å². The predicted octanol–water partition coefficient (Wildman–Crippen LogP) is 0.421. The lowest BCUT2D eigenvalue weighted by Crippen LogP contribution is -2.34. The van der Waals surface area contributed by atoms with Crippen LogP contribution in [0.15, 0.2) is 47.4 Å². The van der Waals surface area contributed by atoms with E-state index in [0.29, 0.717) is 0 Å². The van der Waals surface area contributed by atoms with Crippen molar-refractivity contribution in [3.8, 4) is 5.75 Å². The van der Waals surface area contributed by atoms with Crippen LogP contribution in [0.4, 0.5) is 0 Å². The lowest BCUT2D eigenvalue weighted by atomic mass is 10.2. The van der Waals surface area contributed by atoms with Crippen molar-refractivity contribution in [2.75, 3.05) is 26.7 Å². The number of nitrogen functional groups attached to an aromatic ring is 1. The van der Waals surface area contributed by atoms with Crippen LogP contribution in [-0.2, 0) is 20.9 Å². The average molecular weight is 363 g/mol. The van der Waals surface area contributed by atoms with Gasteiger partial charge in [0.25, 0.3) is 5.91 Å². The number of rotatable bonds is 9. The summed E-state index contributed by atoms with van der Waals surface area (Å²) in [5.74, 6) is 4.87. The van der Waals surface area contributed by atoms with E-state index in [2.05, 4.69) is 5.48 Å². The Hall–Kier alpha value is -2.88. The molecule has 0 fully saturated rings. The number of aromatic nitrogens is 1. The molecule has 1 aromatic carbocycles. The second kappa shape index (κ2) is 9.56. The minimum Gasteiger partial charge on any atom is -0.482 e. The van der Waals surface area contributed by atoms with Gasteiger partial charge in [0.2, 0.25) is 5.43 Å². The van der Waals surface area contributed by atoms with Crippen LogP contribution >= 0.6 is 0 Å². The van der Waals surface area contributed by atoms with Crippen molar-refractivity contribution in [3.63, 3.8) is 0 Å². The summed E-state index contributed by atoms with van der Waals surface area (Å²) in [4.78, 5) is 29.5. The highest BCUT2D eigenvalue weighted by atomic mass is 16.7. The number of hydrogen-bond donors (Lipinski definition) is 2. The van der Waals surface area contributed by atoms with Gasteiger partial charge in [0.1, 0.15) is 13.2 Å². The monoisotopic (exact) mass is 363 g/mol. The maximum Gasteiger partial charge on any atom is 0.297 e. The third-order valence-corrected chi connectivity index (χ3v) is 3.43. The average Bonchev–Trinajstić information content (AvgIpc) is 2.66. The maximum absolute atomic E-state index is 12.4. The number of hydrogen-bond acceptors (Lipinski definition) is 7. The van der Waals surface area contributed by atoms with Gasteiger partial charge in [-0.1, -0.05) is 30.3 Å². The fourth-order valence-electron chi connectivity index (χ4n) is 2.08. The van der Waals surface area contributed by atoms with Crippen LogP contribution in [0.5, 0.6) is 5.75 Å². The van der Waals surface area contributed by atoms with Crippen LogP contribution < -0.4 is 21.5 Å². The Bertz CT molecular complexity index is 774. The highest BCUT2D eigenvalue weighted by Crippen LogP contribution is 2.14. The fraction of sp³-hybridized carbons (Fsp3) is 0.294. The van der Waals surface area contributed by atoms with E-state index in [0.717, 1.165) is 10.2 Å². The van der Waals surface area contributed by atoms with E-state index in [1.54, 1.807) is 0 Å². The number of benzene rings is 1. The van der Waals surface area contributed by atoms with Crippen molar-refractivity contribution in [2.45, 2.75) is 12.9 Å². The normalized spacial score (nSPS) is 10.7. The van der Waals surface area contributed by atoms with Crippen LogP contribution in [0.25, 0.3) is 0 Å². The van der Waals surface area contributed by atoms with E-state index in [9.17, 15) is 9.59 Å². The number of amides is 1. The molecular weight excluding hydrogens is 342 g/mol. The Morgan fingerprint density at radius 1 is 1.19 bits per heavy atom. The molecule has 0 radical (unpaired) electrons. The first kappa shape index (κ1) is 19.4. The quantitative estimate of drug-likeness (QED) is 0.377. The molecule has 1 amide bonds. The Morgan fingerprint density at radius 3 is 2.54 bits per heavy atom. The molecule has 0 atom stereocenters. The second-order valence-electron chi connectivity index (χ2n) is 5.18. The second-order valence-corrected chi connectivity index (χ2v) is 5.18. The minimum absolute atomic E-state index is 0.0550. The molecule has 26 heavy (non-hydrogen) atoms. The molecule has 140 valence electrons. The summed E-state index contributed by atoms with van der Waals surface area (Å²) in [7, 11) is 2.87. The van der Waals surface area contributed by atoms with Crippen LogP contribution in [0.1, 0.15) is 16.1 Å². The zero-order chi connectivity index (χ0) is 18.9. The molecule has 1 aromatic heterocycles. The van der Waals surface area contributed by atoms with Gasteiger partial charge in [-0.2, -0.15) is 0 Å². The highest BCUT2D eigenvalue weighted by Gasteiger charge is 2.20. The molecule has 9 nitrogen and oxygen atoms in total. The molecular formula is C17H21N3O6. The van der Waals surface area contributed by atoms with Crippen molar-refractivity contribution < 1.29 is 23.8 Å². The molecule has 0 aliphatic rings. The van der Waals surface area contributed by atoms with Crippen LogP contribution in [-0.4, -0.2) is 37.7 Å². The summed E-state index contributed by atoms with van der Waals surface area (Å²) in [6.45, 7) is 0.0528. The topological polar surface area (TPSA) is 114 Å². The standard InChI is InChI=1S/C17H21N3O6/c1-23-14(24-2)11-26-19-17(22)15-16(13(21)8-9-20(15)18)25-10-12-6-4-3-5-7-12/h3-9,14H,10-11,18H2,1-2H3,(H,19,22). The van der Waals surface area contributed by atoms with Gasteiger partial charge < -0.3 is 20.1 Å². The Labute approximate surface area is 150 Å². The molecule has 0 unspecified atom stereocenters. The zero-order valence-corrected chi connectivity index (χ0v) is 14.5. The van der Waals surface area contributed by atoms with Crippen molar-refractivity contribution in [2.24, 2.45) is 0 Å². The molecule has 2 rings (SSSR count). The van der Waals surface area contributed by atoms with Crippen molar-refractivity contribution in [1.29, 1.82) is 0 Å². The first-order valence-corrected chi connectivity index (χ1v) is 7.72. The van der Waals surface area contributed by atoms with Crippen molar-refractivity contribution in [1.82, 2.24) is 10.2 Å². The maximum atomic E-state index is 12.4. The van der Waals surface area contributed by atoms with Crippen molar-refractivity contribution in [3.05, 3.63) is 64.1 Å². The summed E-state index contributed by atoms with van der Waals surface area (Å²) in [6, 6.07) is 10.4. The number of nitrogens with zero attached hydrogens (tertiary/aromatic N) is 1. The van der Waals surface area contributed by atoms with Gasteiger partial charge in [-0.15, -0.1) is 0 Å². The van der Waals surface area contributed by atoms with Gasteiger partial charge in [-0.25, -0.2) is 5.48 Å². The van der Waals surface area contributed by atoms with E-state index in [4.69, 9.17) is 24.9 Å².